The standard InChI is InChI=1S/C24H24N4O2/c29-24(25-20-9-5-7-18-6-1-2-8-19(18)20)23-21-10-3-4-12-28(21)22(26-23)11-13-27-14-16-30-17-15-27/h1-10,12H,11,13-17H2,(H,25,29). The van der Waals surface area contributed by atoms with E-state index in [2.05, 4.69) is 10.2 Å². The Morgan fingerprint density at radius 3 is 2.70 bits per heavy atom. The minimum atomic E-state index is -0.187. The van der Waals surface area contributed by atoms with E-state index in [1.54, 1.807) is 0 Å². The first-order valence-corrected chi connectivity index (χ1v) is 10.3. The van der Waals surface area contributed by atoms with Crippen molar-refractivity contribution in [3.8, 4) is 0 Å². The molecule has 1 saturated heterocycles. The van der Waals surface area contributed by atoms with Crippen molar-refractivity contribution >= 4 is 27.9 Å². The number of benzene rings is 2. The van der Waals surface area contributed by atoms with Crippen molar-refractivity contribution < 1.29 is 9.53 Å². The van der Waals surface area contributed by atoms with Gasteiger partial charge < -0.3 is 14.5 Å². The highest BCUT2D eigenvalue weighted by molar-refractivity contribution is 6.11. The summed E-state index contributed by atoms with van der Waals surface area (Å²) in [4.78, 5) is 20.3. The summed E-state index contributed by atoms with van der Waals surface area (Å²) in [5.74, 6) is 0.716. The molecule has 0 radical (unpaired) electrons. The Bertz CT molecular complexity index is 1190. The van der Waals surface area contributed by atoms with E-state index < -0.39 is 0 Å². The van der Waals surface area contributed by atoms with Crippen molar-refractivity contribution in [1.82, 2.24) is 14.3 Å². The number of carbonyl (C=O) groups is 1. The zero-order valence-electron chi connectivity index (χ0n) is 16.8. The van der Waals surface area contributed by atoms with Gasteiger partial charge in [-0.2, -0.15) is 0 Å². The van der Waals surface area contributed by atoms with Gasteiger partial charge in [-0.3, -0.25) is 9.69 Å². The monoisotopic (exact) mass is 400 g/mol. The van der Waals surface area contributed by atoms with Crippen molar-refractivity contribution in [2.45, 2.75) is 6.42 Å². The summed E-state index contributed by atoms with van der Waals surface area (Å²) in [7, 11) is 0. The maximum Gasteiger partial charge on any atom is 0.276 e. The van der Waals surface area contributed by atoms with Crippen LogP contribution in [0, 0.1) is 0 Å². The smallest absolute Gasteiger partial charge is 0.276 e. The summed E-state index contributed by atoms with van der Waals surface area (Å²) >= 11 is 0. The van der Waals surface area contributed by atoms with Gasteiger partial charge in [0.05, 0.1) is 18.7 Å². The number of hydrogen-bond donors (Lipinski definition) is 1. The fraction of sp³-hybridized carbons (Fsp3) is 0.250. The molecule has 5 rings (SSSR count). The Balaban J connectivity index is 1.42. The molecule has 0 bridgehead atoms. The van der Waals surface area contributed by atoms with E-state index in [4.69, 9.17) is 9.72 Å². The molecule has 0 atom stereocenters. The molecule has 1 fully saturated rings. The van der Waals surface area contributed by atoms with Crippen LogP contribution in [0.1, 0.15) is 16.3 Å². The summed E-state index contributed by atoms with van der Waals surface area (Å²) in [6, 6.07) is 19.8. The maximum absolute atomic E-state index is 13.2. The van der Waals surface area contributed by atoms with E-state index in [0.717, 1.165) is 67.1 Å². The Labute approximate surface area is 175 Å². The van der Waals surface area contributed by atoms with Crippen LogP contribution in [0.4, 0.5) is 5.69 Å². The Morgan fingerprint density at radius 2 is 1.80 bits per heavy atom. The van der Waals surface area contributed by atoms with Crippen LogP contribution >= 0.6 is 0 Å². The molecule has 2 aromatic heterocycles. The average Bonchev–Trinajstić information content (AvgIpc) is 3.18. The van der Waals surface area contributed by atoms with Gasteiger partial charge in [0.2, 0.25) is 0 Å². The zero-order chi connectivity index (χ0) is 20.3. The summed E-state index contributed by atoms with van der Waals surface area (Å²) in [6.45, 7) is 4.35. The first-order valence-electron chi connectivity index (χ1n) is 10.3. The Morgan fingerprint density at radius 1 is 1.00 bits per heavy atom. The molecule has 1 N–H and O–H groups in total. The molecule has 1 amide bonds. The number of pyridine rings is 1. The SMILES string of the molecule is O=C(Nc1cccc2ccccc12)c1nc(CCN2CCOCC2)n2ccccc12. The molecular formula is C24H24N4O2. The fourth-order valence-electron chi connectivity index (χ4n) is 4.04. The zero-order valence-corrected chi connectivity index (χ0v) is 16.8. The molecule has 6 heteroatoms. The minimum Gasteiger partial charge on any atom is -0.379 e. The summed E-state index contributed by atoms with van der Waals surface area (Å²) in [5, 5.41) is 5.18. The van der Waals surface area contributed by atoms with Crippen molar-refractivity contribution in [1.29, 1.82) is 0 Å². The van der Waals surface area contributed by atoms with Crippen molar-refractivity contribution in [2.24, 2.45) is 0 Å². The molecule has 1 aliphatic heterocycles. The van der Waals surface area contributed by atoms with Crippen LogP contribution in [0.15, 0.2) is 66.9 Å². The van der Waals surface area contributed by atoms with Gasteiger partial charge in [-0.05, 0) is 23.6 Å². The Kier molecular flexibility index (Phi) is 5.17. The first kappa shape index (κ1) is 18.8. The summed E-state index contributed by atoms with van der Waals surface area (Å²) in [5.41, 5.74) is 2.08. The lowest BCUT2D eigenvalue weighted by Crippen LogP contribution is -2.37. The van der Waals surface area contributed by atoms with Crippen LogP contribution in [-0.2, 0) is 11.2 Å². The van der Waals surface area contributed by atoms with Crippen LogP contribution < -0.4 is 5.32 Å². The number of fused-ring (bicyclic) bond motifs is 2. The second-order valence-corrected chi connectivity index (χ2v) is 7.52. The third kappa shape index (κ3) is 3.67. The van der Waals surface area contributed by atoms with Gasteiger partial charge in [0.1, 0.15) is 5.82 Å². The van der Waals surface area contributed by atoms with Crippen LogP contribution in [-0.4, -0.2) is 53.0 Å². The first-order chi connectivity index (χ1) is 14.8. The van der Waals surface area contributed by atoms with Gasteiger partial charge in [0.25, 0.3) is 5.91 Å². The highest BCUT2D eigenvalue weighted by atomic mass is 16.5. The van der Waals surface area contributed by atoms with Crippen molar-refractivity contribution in [2.75, 3.05) is 38.2 Å². The second kappa shape index (κ2) is 8.26. The van der Waals surface area contributed by atoms with Gasteiger partial charge in [-0.15, -0.1) is 0 Å². The number of nitrogens with zero attached hydrogens (tertiary/aromatic N) is 3. The van der Waals surface area contributed by atoms with Crippen LogP contribution in [0.25, 0.3) is 16.3 Å². The molecule has 0 spiro atoms. The number of carbonyl (C=O) groups excluding carboxylic acids is 1. The minimum absolute atomic E-state index is 0.187. The van der Waals surface area contributed by atoms with Crippen molar-refractivity contribution in [3.05, 3.63) is 78.4 Å². The molecule has 0 aliphatic carbocycles. The summed E-state index contributed by atoms with van der Waals surface area (Å²) in [6.07, 6.45) is 2.76. The maximum atomic E-state index is 13.2. The number of nitrogens with one attached hydrogen (secondary N) is 1. The molecule has 3 heterocycles. The number of imidazole rings is 1. The number of anilines is 1. The van der Waals surface area contributed by atoms with E-state index in [1.165, 1.54) is 0 Å². The lowest BCUT2D eigenvalue weighted by molar-refractivity contribution is 0.0382. The largest absolute Gasteiger partial charge is 0.379 e. The molecular weight excluding hydrogens is 376 g/mol. The normalized spacial score (nSPS) is 14.9. The second-order valence-electron chi connectivity index (χ2n) is 7.52. The van der Waals surface area contributed by atoms with E-state index >= 15 is 0 Å². The van der Waals surface area contributed by atoms with E-state index in [-0.39, 0.29) is 5.91 Å². The molecule has 0 unspecified atom stereocenters. The highest BCUT2D eigenvalue weighted by Crippen LogP contribution is 2.24. The number of morpholine rings is 1. The molecule has 1 aliphatic rings. The average molecular weight is 400 g/mol. The quantitative estimate of drug-likeness (QED) is 0.556. The molecule has 4 aromatic rings. The number of ether oxygens (including phenoxy) is 1. The predicted octanol–water partition coefficient (Wildman–Crippen LogP) is 3.61. The lowest BCUT2D eigenvalue weighted by atomic mass is 10.1. The molecule has 2 aromatic carbocycles. The number of rotatable bonds is 5. The van der Waals surface area contributed by atoms with Gasteiger partial charge in [0, 0.05) is 43.3 Å². The molecule has 30 heavy (non-hydrogen) atoms. The Hall–Kier alpha value is -3.22. The lowest BCUT2D eigenvalue weighted by Gasteiger charge is -2.26. The van der Waals surface area contributed by atoms with E-state index in [1.807, 2.05) is 71.3 Å². The molecule has 6 nitrogen and oxygen atoms in total. The highest BCUT2D eigenvalue weighted by Gasteiger charge is 2.19. The van der Waals surface area contributed by atoms with E-state index in [0.29, 0.717) is 5.69 Å². The number of hydrogen-bond acceptors (Lipinski definition) is 4. The van der Waals surface area contributed by atoms with E-state index in [9.17, 15) is 4.79 Å². The van der Waals surface area contributed by atoms with Crippen LogP contribution in [0.5, 0.6) is 0 Å². The fourth-order valence-corrected chi connectivity index (χ4v) is 4.04. The van der Waals surface area contributed by atoms with Gasteiger partial charge in [-0.25, -0.2) is 4.98 Å². The third-order valence-electron chi connectivity index (χ3n) is 5.63. The number of amides is 1. The van der Waals surface area contributed by atoms with Gasteiger partial charge >= 0.3 is 0 Å². The van der Waals surface area contributed by atoms with Crippen LogP contribution in [0.2, 0.25) is 0 Å². The molecule has 152 valence electrons. The third-order valence-corrected chi connectivity index (χ3v) is 5.63. The van der Waals surface area contributed by atoms with Crippen LogP contribution in [0.3, 0.4) is 0 Å². The number of aromatic nitrogens is 2. The van der Waals surface area contributed by atoms with Gasteiger partial charge in [-0.1, -0.05) is 42.5 Å². The topological polar surface area (TPSA) is 58.9 Å². The molecule has 0 saturated carbocycles. The van der Waals surface area contributed by atoms with Crippen molar-refractivity contribution in [3.63, 3.8) is 0 Å². The predicted molar refractivity (Wildman–Crippen MR) is 118 cm³/mol. The van der Waals surface area contributed by atoms with Gasteiger partial charge in [0.15, 0.2) is 5.69 Å². The summed E-state index contributed by atoms with van der Waals surface area (Å²) < 4.78 is 7.46.